The van der Waals surface area contributed by atoms with Crippen molar-refractivity contribution < 1.29 is 22.7 Å². The Kier molecular flexibility index (Phi) is 4.09. The number of hydrogen-bond donors (Lipinski definition) is 1. The predicted molar refractivity (Wildman–Crippen MR) is 78.9 cm³/mol. The number of nitrogens with one attached hydrogen (secondary N) is 1. The topological polar surface area (TPSA) is 38.3 Å². The number of alkyl halides is 3. The number of fused-ring (bicyclic) bond motifs is 1. The lowest BCUT2D eigenvalue weighted by atomic mass is 9.97. The molecular weight excluding hydrogens is 307 g/mol. The van der Waals surface area contributed by atoms with Gasteiger partial charge in [0.1, 0.15) is 0 Å². The molecule has 1 aliphatic rings. The van der Waals surface area contributed by atoms with E-state index in [0.29, 0.717) is 13.0 Å². The summed E-state index contributed by atoms with van der Waals surface area (Å²) >= 11 is 0. The second kappa shape index (κ2) is 6.04. The standard InChI is InChI=1S/C17H14F3NO2/c18-17(19,20)12-5-3-6-13(10-12)21-16(22)15-14-7-2-1-4-11(14)8-9-23-15/h1-7,10,15H,8-9H2,(H,21,22). The molecule has 0 saturated carbocycles. The van der Waals surface area contributed by atoms with Gasteiger partial charge < -0.3 is 10.1 Å². The summed E-state index contributed by atoms with van der Waals surface area (Å²) in [5.41, 5.74) is 1.06. The fraction of sp³-hybridized carbons (Fsp3) is 0.235. The van der Waals surface area contributed by atoms with E-state index in [-0.39, 0.29) is 5.69 Å². The minimum absolute atomic E-state index is 0.0940. The van der Waals surface area contributed by atoms with Gasteiger partial charge in [-0.2, -0.15) is 13.2 Å². The number of amides is 1. The van der Waals surface area contributed by atoms with Crippen LogP contribution in [0.4, 0.5) is 18.9 Å². The maximum Gasteiger partial charge on any atom is 0.416 e. The first-order chi connectivity index (χ1) is 10.9. The minimum Gasteiger partial charge on any atom is -0.363 e. The molecule has 0 aliphatic carbocycles. The van der Waals surface area contributed by atoms with Crippen LogP contribution in [-0.4, -0.2) is 12.5 Å². The molecule has 1 atom stereocenters. The number of halogens is 3. The molecule has 1 unspecified atom stereocenters. The summed E-state index contributed by atoms with van der Waals surface area (Å²) in [5.74, 6) is -0.475. The second-order valence-corrected chi connectivity index (χ2v) is 5.27. The van der Waals surface area contributed by atoms with Crippen LogP contribution in [0.5, 0.6) is 0 Å². The molecule has 0 spiro atoms. The van der Waals surface area contributed by atoms with Gasteiger partial charge in [0.05, 0.1) is 12.2 Å². The predicted octanol–water partition coefficient (Wildman–Crippen LogP) is 3.96. The van der Waals surface area contributed by atoms with Gasteiger partial charge in [0.25, 0.3) is 5.91 Å². The van der Waals surface area contributed by atoms with Crippen molar-refractivity contribution in [1.82, 2.24) is 0 Å². The van der Waals surface area contributed by atoms with Crippen LogP contribution in [0.25, 0.3) is 0 Å². The summed E-state index contributed by atoms with van der Waals surface area (Å²) in [4.78, 5) is 12.4. The first-order valence-electron chi connectivity index (χ1n) is 7.13. The molecule has 0 saturated heterocycles. The lowest BCUT2D eigenvalue weighted by Crippen LogP contribution is -2.28. The van der Waals surface area contributed by atoms with Crippen LogP contribution in [0.3, 0.4) is 0 Å². The van der Waals surface area contributed by atoms with E-state index >= 15 is 0 Å². The Hall–Kier alpha value is -2.34. The van der Waals surface area contributed by atoms with E-state index in [1.807, 2.05) is 12.1 Å². The zero-order chi connectivity index (χ0) is 16.4. The second-order valence-electron chi connectivity index (χ2n) is 5.27. The van der Waals surface area contributed by atoms with E-state index in [1.54, 1.807) is 12.1 Å². The molecule has 120 valence electrons. The smallest absolute Gasteiger partial charge is 0.363 e. The van der Waals surface area contributed by atoms with Crippen molar-refractivity contribution in [3.05, 3.63) is 65.2 Å². The molecule has 2 aromatic carbocycles. The van der Waals surface area contributed by atoms with Gasteiger partial charge in [0.15, 0.2) is 6.10 Å². The maximum absolute atomic E-state index is 12.7. The molecule has 6 heteroatoms. The summed E-state index contributed by atoms with van der Waals surface area (Å²) in [7, 11) is 0. The minimum atomic E-state index is -4.45. The normalized spacial score (nSPS) is 17.4. The molecule has 3 nitrogen and oxygen atoms in total. The lowest BCUT2D eigenvalue weighted by molar-refractivity contribution is -0.137. The average molecular weight is 321 g/mol. The quantitative estimate of drug-likeness (QED) is 0.909. The lowest BCUT2D eigenvalue weighted by Gasteiger charge is -2.25. The van der Waals surface area contributed by atoms with Crippen LogP contribution < -0.4 is 5.32 Å². The van der Waals surface area contributed by atoms with Crippen LogP contribution in [0, 0.1) is 0 Å². The van der Waals surface area contributed by atoms with E-state index in [2.05, 4.69) is 5.32 Å². The molecule has 1 heterocycles. The highest BCUT2D eigenvalue weighted by atomic mass is 19.4. The van der Waals surface area contributed by atoms with E-state index in [4.69, 9.17) is 4.74 Å². The summed E-state index contributed by atoms with van der Waals surface area (Å²) in [5, 5.41) is 2.50. The molecule has 0 aromatic heterocycles. The number of rotatable bonds is 2. The Morgan fingerprint density at radius 2 is 1.91 bits per heavy atom. The fourth-order valence-corrected chi connectivity index (χ4v) is 2.59. The van der Waals surface area contributed by atoms with E-state index in [9.17, 15) is 18.0 Å². The summed E-state index contributed by atoms with van der Waals surface area (Å²) in [6.45, 7) is 0.400. The maximum atomic E-state index is 12.7. The zero-order valence-corrected chi connectivity index (χ0v) is 12.1. The SMILES string of the molecule is O=C(Nc1cccc(C(F)(F)F)c1)C1OCCc2ccccc21. The molecule has 0 radical (unpaired) electrons. The Morgan fingerprint density at radius 3 is 2.70 bits per heavy atom. The molecule has 1 N–H and O–H groups in total. The van der Waals surface area contributed by atoms with Crippen LogP contribution in [0.2, 0.25) is 0 Å². The fourth-order valence-electron chi connectivity index (χ4n) is 2.59. The molecule has 3 rings (SSSR count). The molecule has 2 aromatic rings. The third-order valence-electron chi connectivity index (χ3n) is 3.69. The third kappa shape index (κ3) is 3.37. The first-order valence-corrected chi connectivity index (χ1v) is 7.13. The van der Waals surface area contributed by atoms with Gasteiger partial charge in [-0.3, -0.25) is 4.79 Å². The monoisotopic (exact) mass is 321 g/mol. The number of carbonyl (C=O) groups is 1. The third-order valence-corrected chi connectivity index (χ3v) is 3.69. The number of benzene rings is 2. The van der Waals surface area contributed by atoms with Crippen LogP contribution >= 0.6 is 0 Å². The van der Waals surface area contributed by atoms with Crippen LogP contribution in [0.1, 0.15) is 22.8 Å². The zero-order valence-electron chi connectivity index (χ0n) is 12.1. The highest BCUT2D eigenvalue weighted by Crippen LogP contribution is 2.32. The Bertz CT molecular complexity index is 728. The average Bonchev–Trinajstić information content (AvgIpc) is 2.53. The van der Waals surface area contributed by atoms with E-state index in [1.165, 1.54) is 12.1 Å². The van der Waals surface area contributed by atoms with Crippen molar-refractivity contribution in [2.45, 2.75) is 18.7 Å². The van der Waals surface area contributed by atoms with E-state index in [0.717, 1.165) is 23.3 Å². The number of carbonyl (C=O) groups excluding carboxylic acids is 1. The number of hydrogen-bond acceptors (Lipinski definition) is 2. The number of ether oxygens (including phenoxy) is 1. The Morgan fingerprint density at radius 1 is 1.13 bits per heavy atom. The summed E-state index contributed by atoms with van der Waals surface area (Å²) in [6, 6.07) is 11.9. The first kappa shape index (κ1) is 15.6. The van der Waals surface area contributed by atoms with Crippen LogP contribution in [0.15, 0.2) is 48.5 Å². The Labute approximate surface area is 131 Å². The Balaban J connectivity index is 1.81. The van der Waals surface area contributed by atoms with Gasteiger partial charge in [-0.1, -0.05) is 30.3 Å². The molecule has 0 fully saturated rings. The van der Waals surface area contributed by atoms with Gasteiger partial charge in [0, 0.05) is 5.69 Å². The largest absolute Gasteiger partial charge is 0.416 e. The van der Waals surface area contributed by atoms with Crippen LogP contribution in [-0.2, 0) is 22.1 Å². The van der Waals surface area contributed by atoms with Gasteiger partial charge in [-0.15, -0.1) is 0 Å². The van der Waals surface area contributed by atoms with Crippen molar-refractivity contribution in [3.8, 4) is 0 Å². The van der Waals surface area contributed by atoms with Crippen molar-refractivity contribution >= 4 is 11.6 Å². The van der Waals surface area contributed by atoms with Gasteiger partial charge >= 0.3 is 6.18 Å². The molecular formula is C17H14F3NO2. The van der Waals surface area contributed by atoms with Crippen molar-refractivity contribution in [3.63, 3.8) is 0 Å². The summed E-state index contributed by atoms with van der Waals surface area (Å²) < 4.78 is 43.7. The molecule has 23 heavy (non-hydrogen) atoms. The number of anilines is 1. The van der Waals surface area contributed by atoms with Crippen molar-refractivity contribution in [2.75, 3.05) is 11.9 Å². The molecule has 1 amide bonds. The highest BCUT2D eigenvalue weighted by Gasteiger charge is 2.31. The van der Waals surface area contributed by atoms with Gasteiger partial charge in [0.2, 0.25) is 0 Å². The van der Waals surface area contributed by atoms with Crippen molar-refractivity contribution in [2.24, 2.45) is 0 Å². The highest BCUT2D eigenvalue weighted by molar-refractivity contribution is 5.95. The summed E-state index contributed by atoms with van der Waals surface area (Å²) in [6.07, 6.45) is -4.55. The van der Waals surface area contributed by atoms with Gasteiger partial charge in [-0.05, 0) is 35.7 Å². The van der Waals surface area contributed by atoms with E-state index < -0.39 is 23.8 Å². The molecule has 1 aliphatic heterocycles. The molecule has 0 bridgehead atoms. The van der Waals surface area contributed by atoms with Gasteiger partial charge in [-0.25, -0.2) is 0 Å². The van der Waals surface area contributed by atoms with Crippen molar-refractivity contribution in [1.29, 1.82) is 0 Å².